The summed E-state index contributed by atoms with van der Waals surface area (Å²) in [5, 5.41) is 9.94. The van der Waals surface area contributed by atoms with E-state index >= 15 is 0 Å². The van der Waals surface area contributed by atoms with Gasteiger partial charge >= 0.3 is 0 Å². The molecular weight excluding hydrogens is 392 g/mol. The fourth-order valence-electron chi connectivity index (χ4n) is 2.58. The molecule has 0 aliphatic carbocycles. The highest BCUT2D eigenvalue weighted by Gasteiger charge is 2.13. The van der Waals surface area contributed by atoms with E-state index in [9.17, 15) is 14.4 Å². The Morgan fingerprint density at radius 3 is 2.45 bits per heavy atom. The maximum atomic E-state index is 12.4. The second kappa shape index (κ2) is 8.70. The minimum absolute atomic E-state index is 0.0249. The smallest absolute Gasteiger partial charge is 0.276 e. The Balaban J connectivity index is 1.73. The summed E-state index contributed by atoms with van der Waals surface area (Å²) >= 11 is 6.05. The van der Waals surface area contributed by atoms with Crippen LogP contribution in [0.25, 0.3) is 0 Å². The van der Waals surface area contributed by atoms with Crippen molar-refractivity contribution in [3.05, 3.63) is 86.8 Å². The number of hydrogen-bond donors (Lipinski definition) is 2. The number of halogens is 1. The molecule has 2 amide bonds. The van der Waals surface area contributed by atoms with E-state index in [1.54, 1.807) is 37.3 Å². The number of nitrogens with one attached hydrogen (secondary N) is 2. The first-order valence-corrected chi connectivity index (χ1v) is 9.22. The minimum atomic E-state index is -0.491. The summed E-state index contributed by atoms with van der Waals surface area (Å²) in [7, 11) is 0. The van der Waals surface area contributed by atoms with E-state index in [4.69, 9.17) is 11.6 Å². The van der Waals surface area contributed by atoms with Crippen molar-refractivity contribution in [1.82, 2.24) is 9.78 Å². The normalized spacial score (nSPS) is 10.4. The van der Waals surface area contributed by atoms with Gasteiger partial charge < -0.3 is 10.6 Å². The molecule has 2 aromatic carbocycles. The Hall–Kier alpha value is -3.45. The van der Waals surface area contributed by atoms with Crippen molar-refractivity contribution in [1.29, 1.82) is 0 Å². The predicted molar refractivity (Wildman–Crippen MR) is 112 cm³/mol. The molecule has 0 radical (unpaired) electrons. The zero-order chi connectivity index (χ0) is 21.0. The number of carbonyl (C=O) groups excluding carboxylic acids is 2. The molecule has 3 aromatic rings. The quantitative estimate of drug-likeness (QED) is 0.674. The zero-order valence-electron chi connectivity index (χ0n) is 15.9. The Bertz CT molecular complexity index is 1120. The molecule has 0 unspecified atom stereocenters. The molecule has 0 saturated heterocycles. The average molecular weight is 411 g/mol. The Morgan fingerprint density at radius 1 is 1.00 bits per heavy atom. The van der Waals surface area contributed by atoms with Crippen LogP contribution in [0.3, 0.4) is 0 Å². The van der Waals surface area contributed by atoms with Gasteiger partial charge in [0.2, 0.25) is 5.91 Å². The summed E-state index contributed by atoms with van der Waals surface area (Å²) in [6.45, 7) is 3.38. The molecule has 0 fully saturated rings. The maximum Gasteiger partial charge on any atom is 0.276 e. The summed E-state index contributed by atoms with van der Waals surface area (Å²) in [6, 6.07) is 14.9. The van der Waals surface area contributed by atoms with Crippen LogP contribution in [0.4, 0.5) is 11.4 Å². The summed E-state index contributed by atoms with van der Waals surface area (Å²) in [5.41, 5.74) is 2.47. The Kier molecular flexibility index (Phi) is 6.09. The molecule has 2 N–H and O–H groups in total. The first-order valence-electron chi connectivity index (χ1n) is 8.84. The topological polar surface area (TPSA) is 93.1 Å². The molecule has 0 aliphatic heterocycles. The molecule has 148 valence electrons. The molecule has 0 atom stereocenters. The van der Waals surface area contributed by atoms with Crippen LogP contribution >= 0.6 is 11.6 Å². The summed E-state index contributed by atoms with van der Waals surface area (Å²) in [5.74, 6) is -0.935. The molecular formula is C21H19ClN4O3. The van der Waals surface area contributed by atoms with E-state index in [1.165, 1.54) is 12.1 Å². The van der Waals surface area contributed by atoms with E-state index < -0.39 is 17.4 Å². The number of aryl methyl sites for hydroxylation is 1. The molecule has 0 bridgehead atoms. The van der Waals surface area contributed by atoms with Crippen LogP contribution in [-0.2, 0) is 11.3 Å². The predicted octanol–water partition coefficient (Wildman–Crippen LogP) is 3.40. The molecule has 0 aliphatic rings. The van der Waals surface area contributed by atoms with Crippen molar-refractivity contribution in [3.8, 4) is 0 Å². The molecule has 1 aromatic heterocycles. The van der Waals surface area contributed by atoms with Gasteiger partial charge in [0.1, 0.15) is 12.2 Å². The minimum Gasteiger partial charge on any atom is -0.324 e. The largest absolute Gasteiger partial charge is 0.324 e. The van der Waals surface area contributed by atoms with Crippen molar-refractivity contribution in [2.75, 3.05) is 10.6 Å². The van der Waals surface area contributed by atoms with E-state index in [-0.39, 0.29) is 12.2 Å². The summed E-state index contributed by atoms with van der Waals surface area (Å²) < 4.78 is 0.944. The Morgan fingerprint density at radius 2 is 1.72 bits per heavy atom. The highest BCUT2D eigenvalue weighted by molar-refractivity contribution is 6.31. The SMILES string of the molecule is Cc1ccc(NC(=O)c2ccc(=O)n(CC(=O)Nc3cccc(Cl)c3C)n2)cc1. The second-order valence-electron chi connectivity index (χ2n) is 6.50. The fraction of sp³-hybridized carbons (Fsp3) is 0.143. The van der Waals surface area contributed by atoms with Gasteiger partial charge in [-0.05, 0) is 49.7 Å². The van der Waals surface area contributed by atoms with Crippen LogP contribution in [-0.4, -0.2) is 21.6 Å². The first-order chi connectivity index (χ1) is 13.8. The zero-order valence-corrected chi connectivity index (χ0v) is 16.7. The van der Waals surface area contributed by atoms with Crippen molar-refractivity contribution >= 4 is 34.8 Å². The fourth-order valence-corrected chi connectivity index (χ4v) is 2.76. The second-order valence-corrected chi connectivity index (χ2v) is 6.90. The van der Waals surface area contributed by atoms with Gasteiger partial charge in [-0.15, -0.1) is 0 Å². The standard InChI is InChI=1S/C21H19ClN4O3/c1-13-6-8-15(9-7-13)23-21(29)18-10-11-20(28)26(25-18)12-19(27)24-17-5-3-4-16(22)14(17)2/h3-11H,12H2,1-2H3,(H,23,29)(H,24,27). The number of benzene rings is 2. The van der Waals surface area contributed by atoms with Crippen molar-refractivity contribution in [3.63, 3.8) is 0 Å². The Labute approximate surface area is 172 Å². The monoisotopic (exact) mass is 410 g/mol. The number of aromatic nitrogens is 2. The third-order valence-electron chi connectivity index (χ3n) is 4.24. The first kappa shape index (κ1) is 20.3. The van der Waals surface area contributed by atoms with Crippen LogP contribution in [0.2, 0.25) is 5.02 Å². The van der Waals surface area contributed by atoms with Crippen LogP contribution < -0.4 is 16.2 Å². The molecule has 3 rings (SSSR count). The summed E-state index contributed by atoms with van der Waals surface area (Å²) in [4.78, 5) is 36.8. The molecule has 29 heavy (non-hydrogen) atoms. The van der Waals surface area contributed by atoms with Crippen LogP contribution in [0.5, 0.6) is 0 Å². The van der Waals surface area contributed by atoms with Gasteiger partial charge in [-0.2, -0.15) is 5.10 Å². The number of carbonyl (C=O) groups is 2. The van der Waals surface area contributed by atoms with Crippen LogP contribution in [0.15, 0.2) is 59.4 Å². The molecule has 1 heterocycles. The molecule has 0 spiro atoms. The van der Waals surface area contributed by atoms with Gasteiger partial charge in [0, 0.05) is 22.5 Å². The lowest BCUT2D eigenvalue weighted by atomic mass is 10.2. The third kappa shape index (κ3) is 5.08. The lowest BCUT2D eigenvalue weighted by molar-refractivity contribution is -0.117. The lowest BCUT2D eigenvalue weighted by Crippen LogP contribution is -2.31. The number of rotatable bonds is 5. The number of nitrogens with zero attached hydrogens (tertiary/aromatic N) is 2. The lowest BCUT2D eigenvalue weighted by Gasteiger charge is -2.11. The highest BCUT2D eigenvalue weighted by Crippen LogP contribution is 2.22. The van der Waals surface area contributed by atoms with Crippen molar-refractivity contribution in [2.45, 2.75) is 20.4 Å². The van der Waals surface area contributed by atoms with Gasteiger partial charge in [-0.1, -0.05) is 35.4 Å². The molecule has 8 heteroatoms. The van der Waals surface area contributed by atoms with E-state index in [0.717, 1.165) is 10.2 Å². The number of amides is 2. The number of anilines is 2. The van der Waals surface area contributed by atoms with Gasteiger partial charge in [0.15, 0.2) is 0 Å². The molecule has 7 nitrogen and oxygen atoms in total. The van der Waals surface area contributed by atoms with Gasteiger partial charge in [-0.3, -0.25) is 14.4 Å². The number of hydrogen-bond acceptors (Lipinski definition) is 4. The van der Waals surface area contributed by atoms with Gasteiger partial charge in [-0.25, -0.2) is 4.68 Å². The van der Waals surface area contributed by atoms with E-state index in [2.05, 4.69) is 15.7 Å². The van der Waals surface area contributed by atoms with Crippen molar-refractivity contribution in [2.24, 2.45) is 0 Å². The summed E-state index contributed by atoms with van der Waals surface area (Å²) in [6.07, 6.45) is 0. The van der Waals surface area contributed by atoms with Gasteiger partial charge in [0.05, 0.1) is 0 Å². The van der Waals surface area contributed by atoms with E-state index in [1.807, 2.05) is 19.1 Å². The third-order valence-corrected chi connectivity index (χ3v) is 4.65. The van der Waals surface area contributed by atoms with E-state index in [0.29, 0.717) is 22.0 Å². The van der Waals surface area contributed by atoms with Crippen LogP contribution in [0, 0.1) is 13.8 Å². The van der Waals surface area contributed by atoms with Gasteiger partial charge in [0.25, 0.3) is 11.5 Å². The highest BCUT2D eigenvalue weighted by atomic mass is 35.5. The van der Waals surface area contributed by atoms with Crippen molar-refractivity contribution < 1.29 is 9.59 Å². The maximum absolute atomic E-state index is 12.4. The van der Waals surface area contributed by atoms with Crippen LogP contribution in [0.1, 0.15) is 21.6 Å². The molecule has 0 saturated carbocycles. The average Bonchev–Trinajstić information content (AvgIpc) is 2.69.